The molecule has 0 aliphatic heterocycles. The number of hydrogen-bond donors (Lipinski definition) is 0. The Labute approximate surface area is 111 Å². The lowest BCUT2D eigenvalue weighted by molar-refractivity contribution is 0.605. The van der Waals surface area contributed by atoms with Crippen LogP contribution in [0.2, 0.25) is 10.4 Å². The molecule has 4 rings (SSSR count). The Morgan fingerprint density at radius 3 is 2.56 bits per heavy atom. The molecule has 0 fully saturated rings. The molecular formula is C13H5Cl2NO2. The van der Waals surface area contributed by atoms with Crippen LogP contribution < -0.4 is 0 Å². The van der Waals surface area contributed by atoms with E-state index in [2.05, 4.69) is 4.98 Å². The fraction of sp³-hybridized carbons (Fsp3) is 0. The van der Waals surface area contributed by atoms with Crippen LogP contribution in [0.1, 0.15) is 0 Å². The van der Waals surface area contributed by atoms with Gasteiger partial charge in [-0.3, -0.25) is 0 Å². The smallest absolute Gasteiger partial charge is 0.293 e. The lowest BCUT2D eigenvalue weighted by Gasteiger charge is -1.90. The zero-order valence-corrected chi connectivity index (χ0v) is 10.4. The van der Waals surface area contributed by atoms with E-state index in [0.717, 1.165) is 21.9 Å². The average molecular weight is 278 g/mol. The predicted octanol–water partition coefficient (Wildman–Crippen LogP) is 5.03. The summed E-state index contributed by atoms with van der Waals surface area (Å²) < 4.78 is 11.0. The summed E-state index contributed by atoms with van der Waals surface area (Å²) in [5, 5.41) is 2.68. The van der Waals surface area contributed by atoms with Gasteiger partial charge in [-0.2, -0.15) is 4.98 Å². The van der Waals surface area contributed by atoms with Crippen LogP contribution in [-0.4, -0.2) is 4.98 Å². The van der Waals surface area contributed by atoms with Crippen molar-refractivity contribution in [3.8, 4) is 0 Å². The maximum Gasteiger partial charge on any atom is 0.293 e. The molecule has 2 heterocycles. The van der Waals surface area contributed by atoms with Crippen LogP contribution in [0.4, 0.5) is 0 Å². The highest BCUT2D eigenvalue weighted by Crippen LogP contribution is 2.34. The molecule has 3 nitrogen and oxygen atoms in total. The van der Waals surface area contributed by atoms with Gasteiger partial charge in [0, 0.05) is 21.9 Å². The molecule has 0 amide bonds. The first-order valence-corrected chi connectivity index (χ1v) is 6.04. The van der Waals surface area contributed by atoms with Crippen LogP contribution in [0.5, 0.6) is 0 Å². The van der Waals surface area contributed by atoms with Gasteiger partial charge in [0.15, 0.2) is 5.58 Å². The minimum Gasteiger partial charge on any atom is -0.456 e. The van der Waals surface area contributed by atoms with E-state index in [4.69, 9.17) is 32.0 Å². The Balaban J connectivity index is 2.23. The zero-order valence-electron chi connectivity index (χ0n) is 8.91. The average Bonchev–Trinajstić information content (AvgIpc) is 2.85. The van der Waals surface area contributed by atoms with E-state index in [-0.39, 0.29) is 5.35 Å². The highest BCUT2D eigenvalue weighted by molar-refractivity contribution is 6.31. The van der Waals surface area contributed by atoms with Crippen molar-refractivity contribution in [3.05, 3.63) is 40.7 Å². The second kappa shape index (κ2) is 3.40. The Morgan fingerprint density at radius 2 is 1.67 bits per heavy atom. The van der Waals surface area contributed by atoms with Gasteiger partial charge in [-0.1, -0.05) is 11.6 Å². The van der Waals surface area contributed by atoms with Gasteiger partial charge >= 0.3 is 0 Å². The Kier molecular flexibility index (Phi) is 1.93. The fourth-order valence-corrected chi connectivity index (χ4v) is 2.49. The highest BCUT2D eigenvalue weighted by Gasteiger charge is 2.12. The fourth-order valence-electron chi connectivity index (χ4n) is 2.14. The number of halogens is 2. The van der Waals surface area contributed by atoms with Gasteiger partial charge in [0.25, 0.3) is 5.35 Å². The number of nitrogens with zero attached hydrogens (tertiary/aromatic N) is 1. The van der Waals surface area contributed by atoms with Gasteiger partial charge < -0.3 is 8.83 Å². The maximum absolute atomic E-state index is 6.00. The summed E-state index contributed by atoms with van der Waals surface area (Å²) in [6.07, 6.45) is 0. The molecule has 0 radical (unpaired) electrons. The third-order valence-corrected chi connectivity index (χ3v) is 3.31. The van der Waals surface area contributed by atoms with Crippen molar-refractivity contribution in [2.24, 2.45) is 0 Å². The van der Waals surface area contributed by atoms with E-state index in [1.807, 2.05) is 24.3 Å². The summed E-state index contributed by atoms with van der Waals surface area (Å²) in [6, 6.07) is 9.19. The molecule has 5 heteroatoms. The summed E-state index contributed by atoms with van der Waals surface area (Å²) in [6.45, 7) is 0. The first-order chi connectivity index (χ1) is 8.70. The first kappa shape index (κ1) is 10.2. The standard InChI is InChI=1S/C13H5Cl2NO2/c14-6-1-2-10-7(3-6)8-4-12-9(5-11(8)17-10)16-13(15)18-12/h1-5H. The molecular weight excluding hydrogens is 273 g/mol. The Hall–Kier alpha value is -1.71. The molecule has 18 heavy (non-hydrogen) atoms. The molecule has 0 aliphatic carbocycles. The second-order valence-corrected chi connectivity index (χ2v) is 4.79. The summed E-state index contributed by atoms with van der Waals surface area (Å²) >= 11 is 11.7. The third-order valence-electron chi connectivity index (χ3n) is 2.92. The topological polar surface area (TPSA) is 39.2 Å². The normalized spacial score (nSPS) is 11.9. The lowest BCUT2D eigenvalue weighted by atomic mass is 10.1. The molecule has 88 valence electrons. The zero-order chi connectivity index (χ0) is 12.3. The third kappa shape index (κ3) is 1.35. The van der Waals surface area contributed by atoms with Gasteiger partial charge in [-0.25, -0.2) is 0 Å². The van der Waals surface area contributed by atoms with Crippen molar-refractivity contribution in [3.63, 3.8) is 0 Å². The van der Waals surface area contributed by atoms with E-state index in [0.29, 0.717) is 16.1 Å². The van der Waals surface area contributed by atoms with E-state index in [1.54, 1.807) is 6.07 Å². The summed E-state index contributed by atoms with van der Waals surface area (Å²) in [5.74, 6) is 0. The second-order valence-electron chi connectivity index (χ2n) is 4.03. The number of hydrogen-bond acceptors (Lipinski definition) is 3. The molecule has 2 aromatic carbocycles. The largest absolute Gasteiger partial charge is 0.456 e. The molecule has 0 N–H and O–H groups in total. The molecule has 0 unspecified atom stereocenters. The summed E-state index contributed by atoms with van der Waals surface area (Å²) in [5.41, 5.74) is 2.84. The van der Waals surface area contributed by atoms with Crippen molar-refractivity contribution in [1.82, 2.24) is 4.98 Å². The lowest BCUT2D eigenvalue weighted by Crippen LogP contribution is -1.69. The maximum atomic E-state index is 6.00. The quantitative estimate of drug-likeness (QED) is 0.452. The molecule has 0 spiro atoms. The monoisotopic (exact) mass is 277 g/mol. The van der Waals surface area contributed by atoms with Gasteiger partial charge in [0.05, 0.1) is 0 Å². The van der Waals surface area contributed by atoms with Crippen molar-refractivity contribution >= 4 is 56.2 Å². The molecule has 0 saturated carbocycles. The summed E-state index contributed by atoms with van der Waals surface area (Å²) in [7, 11) is 0. The minimum absolute atomic E-state index is 0.125. The van der Waals surface area contributed by atoms with E-state index >= 15 is 0 Å². The van der Waals surface area contributed by atoms with Crippen molar-refractivity contribution in [2.75, 3.05) is 0 Å². The molecule has 0 saturated heterocycles. The van der Waals surface area contributed by atoms with Gasteiger partial charge in [-0.15, -0.1) is 0 Å². The van der Waals surface area contributed by atoms with E-state index in [1.165, 1.54) is 0 Å². The van der Waals surface area contributed by atoms with E-state index < -0.39 is 0 Å². The van der Waals surface area contributed by atoms with Gasteiger partial charge in [-0.05, 0) is 35.9 Å². The Bertz CT molecular complexity index is 907. The molecule has 4 aromatic rings. The van der Waals surface area contributed by atoms with E-state index in [9.17, 15) is 0 Å². The highest BCUT2D eigenvalue weighted by atomic mass is 35.5. The number of aromatic nitrogens is 1. The molecule has 2 aromatic heterocycles. The summed E-state index contributed by atoms with van der Waals surface area (Å²) in [4.78, 5) is 4.06. The van der Waals surface area contributed by atoms with Crippen LogP contribution in [-0.2, 0) is 0 Å². The van der Waals surface area contributed by atoms with Crippen molar-refractivity contribution in [1.29, 1.82) is 0 Å². The number of furan rings is 1. The van der Waals surface area contributed by atoms with Crippen LogP contribution >= 0.6 is 23.2 Å². The Morgan fingerprint density at radius 1 is 0.833 bits per heavy atom. The van der Waals surface area contributed by atoms with Crippen LogP contribution in [0.3, 0.4) is 0 Å². The van der Waals surface area contributed by atoms with Crippen LogP contribution in [0.25, 0.3) is 33.0 Å². The number of fused-ring (bicyclic) bond motifs is 4. The minimum atomic E-state index is 0.125. The predicted molar refractivity (Wildman–Crippen MR) is 71.3 cm³/mol. The molecule has 0 aliphatic rings. The van der Waals surface area contributed by atoms with Gasteiger partial charge in [0.1, 0.15) is 16.7 Å². The van der Waals surface area contributed by atoms with Crippen molar-refractivity contribution < 1.29 is 8.83 Å². The molecule has 0 bridgehead atoms. The number of oxazole rings is 1. The van der Waals surface area contributed by atoms with Gasteiger partial charge in [0.2, 0.25) is 0 Å². The molecule has 0 atom stereocenters. The number of rotatable bonds is 0. The first-order valence-electron chi connectivity index (χ1n) is 5.28. The SMILES string of the molecule is Clc1ccc2oc3cc4nc(Cl)oc4cc3c2c1. The van der Waals surface area contributed by atoms with Crippen LogP contribution in [0.15, 0.2) is 39.2 Å². The van der Waals surface area contributed by atoms with Crippen molar-refractivity contribution in [2.45, 2.75) is 0 Å². The number of benzene rings is 2. The van der Waals surface area contributed by atoms with Crippen LogP contribution in [0, 0.1) is 0 Å².